The van der Waals surface area contributed by atoms with Gasteiger partial charge in [0.2, 0.25) is 10.0 Å². The molecule has 1 fully saturated rings. The topological polar surface area (TPSA) is 70.2 Å². The third kappa shape index (κ3) is 3.40. The van der Waals surface area contributed by atoms with Gasteiger partial charge >= 0.3 is 0 Å². The lowest BCUT2D eigenvalue weighted by Gasteiger charge is -2.32. The van der Waals surface area contributed by atoms with E-state index in [-0.39, 0.29) is 22.9 Å². The normalized spacial score (nSPS) is 18.6. The lowest BCUT2D eigenvalue weighted by Crippen LogP contribution is -2.39. The highest BCUT2D eigenvalue weighted by molar-refractivity contribution is 7.89. The molecule has 0 aliphatic carbocycles. The van der Waals surface area contributed by atoms with E-state index in [2.05, 4.69) is 4.98 Å². The van der Waals surface area contributed by atoms with Crippen LogP contribution in [0.25, 0.3) is 10.8 Å². The van der Waals surface area contributed by atoms with Crippen molar-refractivity contribution in [3.05, 3.63) is 76.5 Å². The number of sulfonamides is 1. The molecule has 4 rings (SSSR count). The third-order valence-corrected chi connectivity index (χ3v) is 6.93. The molecule has 1 aliphatic rings. The average Bonchev–Trinajstić information content (AvgIpc) is 2.68. The molecule has 0 saturated carbocycles. The number of halogens is 1. The predicted octanol–water partition coefficient (Wildman–Crippen LogP) is 3.24. The van der Waals surface area contributed by atoms with E-state index >= 15 is 0 Å². The molecule has 27 heavy (non-hydrogen) atoms. The molecule has 1 N–H and O–H groups in total. The minimum atomic E-state index is -3.70. The standard InChI is InChI=1S/C20H19FN2O3S/c21-16-7-9-17(10-8-16)27(25,26)23-11-3-5-15(13-23)19-12-14-4-1-2-6-18(14)20(24)22-19/h1-2,4,6-10,12,15H,3,5,11,13H2,(H,22,24)/t15-/m1/s1. The van der Waals surface area contributed by atoms with Gasteiger partial charge in [0.1, 0.15) is 5.82 Å². The molecule has 0 spiro atoms. The monoisotopic (exact) mass is 386 g/mol. The summed E-state index contributed by atoms with van der Waals surface area (Å²) in [5.74, 6) is -0.564. The summed E-state index contributed by atoms with van der Waals surface area (Å²) >= 11 is 0. The Balaban J connectivity index is 1.65. The second-order valence-corrected chi connectivity index (χ2v) is 8.74. The van der Waals surface area contributed by atoms with E-state index in [0.29, 0.717) is 18.4 Å². The van der Waals surface area contributed by atoms with Crippen molar-refractivity contribution in [2.75, 3.05) is 13.1 Å². The van der Waals surface area contributed by atoms with Crippen molar-refractivity contribution in [1.82, 2.24) is 9.29 Å². The Kier molecular flexibility index (Phi) is 4.57. The van der Waals surface area contributed by atoms with Crippen LogP contribution in [0.4, 0.5) is 4.39 Å². The molecule has 1 aliphatic heterocycles. The van der Waals surface area contributed by atoms with Crippen LogP contribution < -0.4 is 5.56 Å². The van der Waals surface area contributed by atoms with Gasteiger partial charge in [-0.05, 0) is 54.6 Å². The number of hydrogen-bond donors (Lipinski definition) is 1. The molecule has 0 unspecified atom stereocenters. The van der Waals surface area contributed by atoms with Gasteiger partial charge in [-0.25, -0.2) is 12.8 Å². The van der Waals surface area contributed by atoms with E-state index in [0.717, 1.165) is 29.6 Å². The molecular formula is C20H19FN2O3S. The molecule has 7 heteroatoms. The molecule has 0 radical (unpaired) electrons. The van der Waals surface area contributed by atoms with Gasteiger partial charge in [0.25, 0.3) is 5.56 Å². The van der Waals surface area contributed by atoms with Crippen LogP contribution in [0.15, 0.2) is 64.3 Å². The number of H-pyrrole nitrogens is 1. The summed E-state index contributed by atoms with van der Waals surface area (Å²) in [6, 6.07) is 14.1. The first-order chi connectivity index (χ1) is 12.9. The van der Waals surface area contributed by atoms with Crippen molar-refractivity contribution in [2.45, 2.75) is 23.7 Å². The highest BCUT2D eigenvalue weighted by atomic mass is 32.2. The van der Waals surface area contributed by atoms with Gasteiger partial charge in [-0.15, -0.1) is 0 Å². The van der Waals surface area contributed by atoms with E-state index < -0.39 is 15.8 Å². The minimum absolute atomic E-state index is 0.0801. The number of aromatic amines is 1. The van der Waals surface area contributed by atoms with E-state index in [9.17, 15) is 17.6 Å². The van der Waals surface area contributed by atoms with Crippen molar-refractivity contribution in [1.29, 1.82) is 0 Å². The first-order valence-corrected chi connectivity index (χ1v) is 10.3. The highest BCUT2D eigenvalue weighted by Crippen LogP contribution is 2.30. The summed E-state index contributed by atoms with van der Waals surface area (Å²) in [5, 5.41) is 1.46. The summed E-state index contributed by atoms with van der Waals surface area (Å²) in [7, 11) is -3.70. The molecule has 2 aromatic carbocycles. The Bertz CT molecular complexity index is 1140. The number of benzene rings is 2. The van der Waals surface area contributed by atoms with Crippen molar-refractivity contribution in [2.24, 2.45) is 0 Å². The molecule has 0 amide bonds. The first-order valence-electron chi connectivity index (χ1n) is 8.83. The van der Waals surface area contributed by atoms with Crippen molar-refractivity contribution in [3.63, 3.8) is 0 Å². The van der Waals surface area contributed by atoms with Gasteiger partial charge in [-0.1, -0.05) is 18.2 Å². The van der Waals surface area contributed by atoms with Gasteiger partial charge in [-0.2, -0.15) is 4.31 Å². The van der Waals surface area contributed by atoms with Crippen LogP contribution in [0.2, 0.25) is 0 Å². The van der Waals surface area contributed by atoms with Crippen molar-refractivity contribution < 1.29 is 12.8 Å². The molecular weight excluding hydrogens is 367 g/mol. The number of rotatable bonds is 3. The molecule has 3 aromatic rings. The summed E-state index contributed by atoms with van der Waals surface area (Å²) in [5.41, 5.74) is 0.583. The first kappa shape index (κ1) is 17.9. The van der Waals surface area contributed by atoms with Crippen LogP contribution in [0.5, 0.6) is 0 Å². The molecule has 1 saturated heterocycles. The summed E-state index contributed by atoms with van der Waals surface area (Å²) < 4.78 is 40.3. The van der Waals surface area contributed by atoms with Crippen LogP contribution >= 0.6 is 0 Å². The third-order valence-electron chi connectivity index (χ3n) is 5.05. The Hall–Kier alpha value is -2.51. The van der Waals surface area contributed by atoms with Gasteiger partial charge in [-0.3, -0.25) is 4.79 Å². The van der Waals surface area contributed by atoms with Crippen LogP contribution in [-0.4, -0.2) is 30.8 Å². The summed E-state index contributed by atoms with van der Waals surface area (Å²) in [6.45, 7) is 0.696. The molecule has 5 nitrogen and oxygen atoms in total. The maximum atomic E-state index is 13.1. The maximum Gasteiger partial charge on any atom is 0.256 e. The summed E-state index contributed by atoms with van der Waals surface area (Å²) in [4.78, 5) is 15.3. The maximum absolute atomic E-state index is 13.1. The fourth-order valence-corrected chi connectivity index (χ4v) is 5.15. The molecule has 1 atom stereocenters. The van der Waals surface area contributed by atoms with E-state index in [1.807, 2.05) is 24.3 Å². The number of pyridine rings is 1. The number of piperidine rings is 1. The Morgan fingerprint density at radius 1 is 1.07 bits per heavy atom. The summed E-state index contributed by atoms with van der Waals surface area (Å²) in [6.07, 6.45) is 1.49. The Labute approximate surface area is 156 Å². The van der Waals surface area contributed by atoms with Crippen LogP contribution in [0.1, 0.15) is 24.5 Å². The van der Waals surface area contributed by atoms with Crippen LogP contribution in [0.3, 0.4) is 0 Å². The zero-order valence-corrected chi connectivity index (χ0v) is 15.4. The van der Waals surface area contributed by atoms with Crippen molar-refractivity contribution >= 4 is 20.8 Å². The van der Waals surface area contributed by atoms with Gasteiger partial charge in [0.15, 0.2) is 0 Å². The van der Waals surface area contributed by atoms with E-state index in [1.165, 1.54) is 16.4 Å². The van der Waals surface area contributed by atoms with Gasteiger partial charge in [0, 0.05) is 30.1 Å². The number of nitrogens with zero attached hydrogens (tertiary/aromatic N) is 1. The van der Waals surface area contributed by atoms with Crippen LogP contribution in [0, 0.1) is 5.82 Å². The zero-order chi connectivity index (χ0) is 19.0. The van der Waals surface area contributed by atoms with Gasteiger partial charge < -0.3 is 4.98 Å². The SMILES string of the molecule is O=c1[nH]c([C@@H]2CCCN(S(=O)(=O)c3ccc(F)cc3)C2)cc2ccccc12. The molecule has 140 valence electrons. The quantitative estimate of drug-likeness (QED) is 0.751. The second-order valence-electron chi connectivity index (χ2n) is 6.80. The van der Waals surface area contributed by atoms with Crippen molar-refractivity contribution in [3.8, 4) is 0 Å². The fourth-order valence-electron chi connectivity index (χ4n) is 3.62. The number of aromatic nitrogens is 1. The minimum Gasteiger partial charge on any atom is -0.325 e. The number of nitrogens with one attached hydrogen (secondary N) is 1. The smallest absolute Gasteiger partial charge is 0.256 e. The zero-order valence-electron chi connectivity index (χ0n) is 14.6. The largest absolute Gasteiger partial charge is 0.325 e. The van der Waals surface area contributed by atoms with E-state index in [4.69, 9.17) is 0 Å². The molecule has 2 heterocycles. The predicted molar refractivity (Wildman–Crippen MR) is 102 cm³/mol. The highest BCUT2D eigenvalue weighted by Gasteiger charge is 2.31. The number of hydrogen-bond acceptors (Lipinski definition) is 3. The van der Waals surface area contributed by atoms with E-state index in [1.54, 1.807) is 6.07 Å². The Morgan fingerprint density at radius 3 is 2.59 bits per heavy atom. The average molecular weight is 386 g/mol. The van der Waals surface area contributed by atoms with Crippen LogP contribution in [-0.2, 0) is 10.0 Å². The fraction of sp³-hybridized carbons (Fsp3) is 0.250. The lowest BCUT2D eigenvalue weighted by molar-refractivity contribution is 0.312. The molecule has 1 aromatic heterocycles. The second kappa shape index (κ2) is 6.90. The molecule has 0 bridgehead atoms. The van der Waals surface area contributed by atoms with Gasteiger partial charge in [0.05, 0.1) is 4.90 Å². The Morgan fingerprint density at radius 2 is 1.81 bits per heavy atom. The number of fused-ring (bicyclic) bond motifs is 1. The lowest BCUT2D eigenvalue weighted by atomic mass is 9.94.